The topological polar surface area (TPSA) is 83.0 Å². The fourth-order valence-electron chi connectivity index (χ4n) is 4.33. The van der Waals surface area contributed by atoms with Crippen molar-refractivity contribution < 1.29 is 14.3 Å². The predicted molar refractivity (Wildman–Crippen MR) is 116 cm³/mol. The Morgan fingerprint density at radius 2 is 2.13 bits per heavy atom. The van der Waals surface area contributed by atoms with Gasteiger partial charge in [-0.3, -0.25) is 14.9 Å². The van der Waals surface area contributed by atoms with Gasteiger partial charge in [-0.2, -0.15) is 0 Å². The molecule has 1 atom stereocenters. The molecule has 30 heavy (non-hydrogen) atoms. The van der Waals surface area contributed by atoms with Crippen LogP contribution in [0.25, 0.3) is 0 Å². The van der Waals surface area contributed by atoms with Gasteiger partial charge in [0, 0.05) is 18.0 Å². The maximum atomic E-state index is 12.2. The fourth-order valence-corrected chi connectivity index (χ4v) is 4.60. The van der Waals surface area contributed by atoms with E-state index in [0.717, 1.165) is 36.9 Å². The summed E-state index contributed by atoms with van der Waals surface area (Å²) in [7, 11) is 0. The van der Waals surface area contributed by atoms with Crippen molar-refractivity contribution in [1.29, 1.82) is 0 Å². The smallest absolute Gasteiger partial charge is 0.246 e. The lowest BCUT2D eigenvalue weighted by Gasteiger charge is -2.25. The minimum atomic E-state index is -0.0599. The monoisotopic (exact) mass is 432 g/mol. The summed E-state index contributed by atoms with van der Waals surface area (Å²) in [5.74, 6) is 1.28. The van der Waals surface area contributed by atoms with Crippen molar-refractivity contribution in [1.82, 2.24) is 15.5 Å². The SMILES string of the molecule is CC(CCCC(=O)NC1CCCCC1)Oc1ccc2c(c1Cl)CN1CC(=O)NC1=N2. The molecule has 2 amide bonds. The summed E-state index contributed by atoms with van der Waals surface area (Å²) in [4.78, 5) is 30.1. The predicted octanol–water partition coefficient (Wildman–Crippen LogP) is 3.66. The highest BCUT2D eigenvalue weighted by Crippen LogP contribution is 2.39. The summed E-state index contributed by atoms with van der Waals surface area (Å²) < 4.78 is 6.06. The van der Waals surface area contributed by atoms with Gasteiger partial charge in [-0.25, -0.2) is 4.99 Å². The van der Waals surface area contributed by atoms with E-state index in [0.29, 0.717) is 42.3 Å². The number of nitrogens with one attached hydrogen (secondary N) is 2. The lowest BCUT2D eigenvalue weighted by atomic mass is 9.95. The second-order valence-electron chi connectivity index (χ2n) is 8.44. The van der Waals surface area contributed by atoms with Gasteiger partial charge >= 0.3 is 0 Å². The van der Waals surface area contributed by atoms with Crippen molar-refractivity contribution in [2.75, 3.05) is 6.54 Å². The zero-order chi connectivity index (χ0) is 21.1. The van der Waals surface area contributed by atoms with Gasteiger partial charge < -0.3 is 15.0 Å². The molecule has 3 aliphatic rings. The van der Waals surface area contributed by atoms with Crippen LogP contribution < -0.4 is 15.4 Å². The Balaban J connectivity index is 1.27. The summed E-state index contributed by atoms with van der Waals surface area (Å²) in [6, 6.07) is 4.05. The largest absolute Gasteiger partial charge is 0.489 e. The van der Waals surface area contributed by atoms with Crippen LogP contribution in [0.1, 0.15) is 63.9 Å². The second kappa shape index (κ2) is 9.25. The molecule has 1 aromatic rings. The number of guanidine groups is 1. The average Bonchev–Trinajstić information content (AvgIpc) is 3.08. The van der Waals surface area contributed by atoms with E-state index in [2.05, 4.69) is 15.6 Å². The van der Waals surface area contributed by atoms with Gasteiger partial charge in [-0.1, -0.05) is 30.9 Å². The summed E-state index contributed by atoms with van der Waals surface area (Å²) in [6.45, 7) is 2.81. The molecule has 4 rings (SSSR count). The highest BCUT2D eigenvalue weighted by molar-refractivity contribution is 6.33. The van der Waals surface area contributed by atoms with Crippen LogP contribution in [-0.2, 0) is 16.1 Å². The standard InChI is InChI=1S/C22H29ClN4O3/c1-14(6-5-9-19(28)24-15-7-3-2-4-8-15)30-18-11-10-17-16(21(18)23)12-27-13-20(29)26-22(27)25-17/h10-11,14-15H,2-9,12-13H2,1H3,(H,24,28)(H,25,26,29). The number of fused-ring (bicyclic) bond motifs is 2. The maximum absolute atomic E-state index is 12.2. The number of benzene rings is 1. The molecule has 0 bridgehead atoms. The molecule has 0 radical (unpaired) electrons. The molecule has 2 heterocycles. The molecule has 0 aromatic heterocycles. The highest BCUT2D eigenvalue weighted by Gasteiger charge is 2.31. The van der Waals surface area contributed by atoms with Gasteiger partial charge in [-0.15, -0.1) is 0 Å². The number of hydrogen-bond donors (Lipinski definition) is 2. The Labute approximate surface area is 182 Å². The fraction of sp³-hybridized carbons (Fsp3) is 0.591. The van der Waals surface area contributed by atoms with Crippen LogP contribution >= 0.6 is 11.6 Å². The first kappa shape index (κ1) is 21.0. The van der Waals surface area contributed by atoms with Crippen LogP contribution in [0.4, 0.5) is 5.69 Å². The zero-order valence-corrected chi connectivity index (χ0v) is 18.1. The Morgan fingerprint density at radius 3 is 2.93 bits per heavy atom. The minimum Gasteiger partial charge on any atom is -0.489 e. The second-order valence-corrected chi connectivity index (χ2v) is 8.82. The number of hydrogen-bond acceptors (Lipinski definition) is 5. The van der Waals surface area contributed by atoms with Gasteiger partial charge in [0.15, 0.2) is 0 Å². The number of nitrogens with zero attached hydrogens (tertiary/aromatic N) is 2. The molecule has 1 unspecified atom stereocenters. The van der Waals surface area contributed by atoms with Crippen LogP contribution in [0.2, 0.25) is 5.02 Å². The Bertz CT molecular complexity index is 851. The first-order chi connectivity index (χ1) is 14.5. The van der Waals surface area contributed by atoms with E-state index in [1.807, 2.05) is 24.0 Å². The lowest BCUT2D eigenvalue weighted by Crippen LogP contribution is -2.36. The molecule has 7 nitrogen and oxygen atoms in total. The third-order valence-electron chi connectivity index (χ3n) is 5.96. The minimum absolute atomic E-state index is 0.0549. The summed E-state index contributed by atoms with van der Waals surface area (Å²) >= 11 is 6.60. The molecule has 162 valence electrons. The Hall–Kier alpha value is -2.28. The van der Waals surface area contributed by atoms with Crippen molar-refractivity contribution >= 4 is 35.1 Å². The van der Waals surface area contributed by atoms with Gasteiger partial charge in [0.25, 0.3) is 0 Å². The number of carbonyl (C=O) groups is 2. The quantitative estimate of drug-likeness (QED) is 0.688. The van der Waals surface area contributed by atoms with Gasteiger partial charge in [0.05, 0.1) is 23.4 Å². The number of carbonyl (C=O) groups excluding carboxylic acids is 2. The highest BCUT2D eigenvalue weighted by atomic mass is 35.5. The number of halogens is 1. The van der Waals surface area contributed by atoms with E-state index in [-0.39, 0.29) is 17.9 Å². The number of aliphatic imine (C=N–C) groups is 1. The first-order valence-electron chi connectivity index (χ1n) is 10.9. The van der Waals surface area contributed by atoms with Gasteiger partial charge in [0.1, 0.15) is 12.3 Å². The number of amides is 2. The van der Waals surface area contributed by atoms with Crippen LogP contribution in [0.3, 0.4) is 0 Å². The van der Waals surface area contributed by atoms with E-state index >= 15 is 0 Å². The van der Waals surface area contributed by atoms with E-state index < -0.39 is 0 Å². The van der Waals surface area contributed by atoms with E-state index in [4.69, 9.17) is 16.3 Å². The molecule has 0 spiro atoms. The van der Waals surface area contributed by atoms with Crippen molar-refractivity contribution in [2.24, 2.45) is 4.99 Å². The Morgan fingerprint density at radius 1 is 1.33 bits per heavy atom. The van der Waals surface area contributed by atoms with Crippen molar-refractivity contribution in [3.63, 3.8) is 0 Å². The third kappa shape index (κ3) is 4.89. The molecular weight excluding hydrogens is 404 g/mol. The molecule has 8 heteroatoms. The Kier molecular flexibility index (Phi) is 6.46. The van der Waals surface area contributed by atoms with E-state index in [1.165, 1.54) is 19.3 Å². The van der Waals surface area contributed by atoms with Gasteiger partial charge in [0.2, 0.25) is 17.8 Å². The average molecular weight is 433 g/mol. The molecule has 1 saturated carbocycles. The van der Waals surface area contributed by atoms with Crippen molar-refractivity contribution in [3.05, 3.63) is 22.7 Å². The molecule has 2 N–H and O–H groups in total. The molecular formula is C22H29ClN4O3. The van der Waals surface area contributed by atoms with Crippen LogP contribution in [-0.4, -0.2) is 41.4 Å². The molecule has 1 aliphatic carbocycles. The lowest BCUT2D eigenvalue weighted by molar-refractivity contribution is -0.122. The first-order valence-corrected chi connectivity index (χ1v) is 11.3. The van der Waals surface area contributed by atoms with Crippen LogP contribution in [0, 0.1) is 0 Å². The molecule has 1 saturated heterocycles. The van der Waals surface area contributed by atoms with E-state index in [1.54, 1.807) is 0 Å². The zero-order valence-electron chi connectivity index (χ0n) is 17.4. The molecule has 1 aromatic carbocycles. The summed E-state index contributed by atoms with van der Waals surface area (Å²) in [6.07, 6.45) is 7.95. The maximum Gasteiger partial charge on any atom is 0.246 e. The van der Waals surface area contributed by atoms with E-state index in [9.17, 15) is 9.59 Å². The van der Waals surface area contributed by atoms with Crippen LogP contribution in [0.5, 0.6) is 5.75 Å². The third-order valence-corrected chi connectivity index (χ3v) is 6.37. The molecule has 2 fully saturated rings. The van der Waals surface area contributed by atoms with Crippen LogP contribution in [0.15, 0.2) is 17.1 Å². The summed E-state index contributed by atoms with van der Waals surface area (Å²) in [5.41, 5.74) is 1.63. The van der Waals surface area contributed by atoms with Crippen molar-refractivity contribution in [3.8, 4) is 5.75 Å². The normalized spacial score (nSPS) is 19.5. The number of rotatable bonds is 7. The molecule has 2 aliphatic heterocycles. The summed E-state index contributed by atoms with van der Waals surface area (Å²) in [5, 5.41) is 6.45. The number of ether oxygens (including phenoxy) is 1. The van der Waals surface area contributed by atoms with Gasteiger partial charge in [-0.05, 0) is 44.7 Å². The van der Waals surface area contributed by atoms with Crippen molar-refractivity contribution in [2.45, 2.75) is 77.0 Å².